The van der Waals surface area contributed by atoms with Gasteiger partial charge in [0.25, 0.3) is 0 Å². The third-order valence-corrected chi connectivity index (χ3v) is 3.36. The molecule has 1 aromatic carbocycles. The van der Waals surface area contributed by atoms with Crippen LogP contribution >= 0.6 is 0 Å². The molecule has 2 heterocycles. The van der Waals surface area contributed by atoms with Gasteiger partial charge in [0.15, 0.2) is 0 Å². The molecule has 23 heavy (non-hydrogen) atoms. The molecule has 0 unspecified atom stereocenters. The predicted octanol–water partition coefficient (Wildman–Crippen LogP) is 3.38. The van der Waals surface area contributed by atoms with Gasteiger partial charge in [-0.1, -0.05) is 29.4 Å². The lowest BCUT2D eigenvalue weighted by molar-refractivity contribution is 0.319. The predicted molar refractivity (Wildman–Crippen MR) is 87.9 cm³/mol. The number of benzene rings is 1. The van der Waals surface area contributed by atoms with Crippen LogP contribution in [-0.4, -0.2) is 28.0 Å². The molecule has 0 spiro atoms. The molecule has 114 valence electrons. The highest BCUT2D eigenvalue weighted by atomic mass is 16.5. The van der Waals surface area contributed by atoms with E-state index in [0.29, 0.717) is 22.8 Å². The van der Waals surface area contributed by atoms with E-state index in [1.54, 1.807) is 25.4 Å². The Hall–Kier alpha value is -3.21. The van der Waals surface area contributed by atoms with Crippen LogP contribution in [-0.2, 0) is 0 Å². The van der Waals surface area contributed by atoms with Gasteiger partial charge in [0, 0.05) is 11.8 Å². The molecule has 3 aromatic rings. The third kappa shape index (κ3) is 3.18. The molecule has 0 fully saturated rings. The fourth-order valence-corrected chi connectivity index (χ4v) is 2.25. The van der Waals surface area contributed by atoms with Crippen molar-refractivity contribution >= 4 is 5.71 Å². The molecule has 0 bridgehead atoms. The molecule has 3 rings (SSSR count). The number of ether oxygens (including phenoxy) is 1. The van der Waals surface area contributed by atoms with Crippen LogP contribution in [0.4, 0.5) is 0 Å². The van der Waals surface area contributed by atoms with E-state index in [-0.39, 0.29) is 0 Å². The topological polar surface area (TPSA) is 67.6 Å². The quantitative estimate of drug-likeness (QED) is 0.456. The van der Waals surface area contributed by atoms with Crippen LogP contribution in [0.2, 0.25) is 0 Å². The summed E-state index contributed by atoms with van der Waals surface area (Å²) in [4.78, 5) is 8.84. The van der Waals surface area contributed by atoms with Crippen molar-refractivity contribution in [2.24, 2.45) is 5.16 Å². The Morgan fingerprint density at radius 1 is 1.00 bits per heavy atom. The molecule has 0 saturated heterocycles. The molecule has 0 amide bonds. The molecule has 0 aliphatic heterocycles. The average molecular weight is 305 g/mol. The maximum Gasteiger partial charge on any atom is 0.135 e. The summed E-state index contributed by atoms with van der Waals surface area (Å²) in [5, 5.41) is 12.9. The Kier molecular flexibility index (Phi) is 4.29. The zero-order chi connectivity index (χ0) is 16.1. The number of aromatic nitrogens is 2. The van der Waals surface area contributed by atoms with Crippen LogP contribution in [0.3, 0.4) is 0 Å². The van der Waals surface area contributed by atoms with Crippen molar-refractivity contribution in [2.75, 3.05) is 7.11 Å². The second kappa shape index (κ2) is 6.70. The Morgan fingerprint density at radius 3 is 2.57 bits per heavy atom. The normalized spacial score (nSPS) is 11.3. The molecule has 2 aromatic heterocycles. The third-order valence-electron chi connectivity index (χ3n) is 3.36. The summed E-state index contributed by atoms with van der Waals surface area (Å²) >= 11 is 0. The Balaban J connectivity index is 2.03. The number of pyridine rings is 2. The van der Waals surface area contributed by atoms with Gasteiger partial charge >= 0.3 is 0 Å². The first-order valence-electron chi connectivity index (χ1n) is 7.07. The lowest BCUT2D eigenvalue weighted by Gasteiger charge is -2.08. The molecule has 0 saturated carbocycles. The average Bonchev–Trinajstić information content (AvgIpc) is 2.63. The highest BCUT2D eigenvalue weighted by molar-refractivity contribution is 6.11. The number of rotatable bonds is 4. The molecule has 1 N–H and O–H groups in total. The number of methoxy groups -OCH3 is 1. The van der Waals surface area contributed by atoms with Crippen molar-refractivity contribution < 1.29 is 9.94 Å². The van der Waals surface area contributed by atoms with Crippen molar-refractivity contribution in [1.82, 2.24) is 9.97 Å². The van der Waals surface area contributed by atoms with E-state index >= 15 is 0 Å². The van der Waals surface area contributed by atoms with Gasteiger partial charge in [-0.05, 0) is 36.4 Å². The van der Waals surface area contributed by atoms with E-state index in [9.17, 15) is 5.21 Å². The van der Waals surface area contributed by atoms with E-state index in [0.717, 1.165) is 11.3 Å². The van der Waals surface area contributed by atoms with Crippen LogP contribution < -0.4 is 4.74 Å². The Morgan fingerprint density at radius 2 is 1.83 bits per heavy atom. The number of nitrogens with zero attached hydrogens (tertiary/aromatic N) is 3. The van der Waals surface area contributed by atoms with Crippen LogP contribution in [0.15, 0.2) is 72.0 Å². The summed E-state index contributed by atoms with van der Waals surface area (Å²) in [6.07, 6.45) is 1.72. The van der Waals surface area contributed by atoms with Gasteiger partial charge in [0.05, 0.1) is 24.2 Å². The second-order valence-electron chi connectivity index (χ2n) is 4.80. The zero-order valence-corrected chi connectivity index (χ0v) is 12.5. The van der Waals surface area contributed by atoms with E-state index in [1.807, 2.05) is 48.5 Å². The fraction of sp³-hybridized carbons (Fsp3) is 0.0556. The Bertz CT molecular complexity index is 832. The fourth-order valence-electron chi connectivity index (χ4n) is 2.25. The van der Waals surface area contributed by atoms with Gasteiger partial charge in [-0.2, -0.15) is 0 Å². The molecule has 0 atom stereocenters. The molecular weight excluding hydrogens is 290 g/mol. The van der Waals surface area contributed by atoms with Gasteiger partial charge in [-0.3, -0.25) is 4.98 Å². The summed E-state index contributed by atoms with van der Waals surface area (Å²) in [6.45, 7) is 0. The van der Waals surface area contributed by atoms with E-state index in [1.165, 1.54) is 0 Å². The standard InChI is InChI=1S/C18H15N3O2/c1-23-14-7-4-6-13(12-14)18(21-22)17-10-5-9-16(20-17)15-8-2-3-11-19-15/h2-12,22H,1H3/b21-18-. The lowest BCUT2D eigenvalue weighted by Crippen LogP contribution is -2.07. The monoisotopic (exact) mass is 305 g/mol. The first-order valence-corrected chi connectivity index (χ1v) is 7.07. The summed E-state index contributed by atoms with van der Waals surface area (Å²) in [7, 11) is 1.59. The first kappa shape index (κ1) is 14.7. The summed E-state index contributed by atoms with van der Waals surface area (Å²) in [5.41, 5.74) is 3.13. The van der Waals surface area contributed by atoms with E-state index in [2.05, 4.69) is 15.1 Å². The van der Waals surface area contributed by atoms with Crippen LogP contribution in [0, 0.1) is 0 Å². The molecule has 5 heteroatoms. The number of hydrogen-bond donors (Lipinski definition) is 1. The van der Waals surface area contributed by atoms with E-state index in [4.69, 9.17) is 4.74 Å². The molecule has 0 radical (unpaired) electrons. The SMILES string of the molecule is COc1cccc(/C(=N/O)c2cccc(-c3ccccn3)n2)c1. The van der Waals surface area contributed by atoms with Crippen LogP contribution in [0.25, 0.3) is 11.4 Å². The maximum absolute atomic E-state index is 9.45. The number of oxime groups is 1. The van der Waals surface area contributed by atoms with Crippen molar-refractivity contribution in [3.8, 4) is 17.1 Å². The minimum Gasteiger partial charge on any atom is -0.497 e. The van der Waals surface area contributed by atoms with Gasteiger partial charge in [0.1, 0.15) is 11.5 Å². The van der Waals surface area contributed by atoms with Gasteiger partial charge < -0.3 is 9.94 Å². The Labute approximate surface area is 133 Å². The highest BCUT2D eigenvalue weighted by Gasteiger charge is 2.12. The number of hydrogen-bond acceptors (Lipinski definition) is 5. The summed E-state index contributed by atoms with van der Waals surface area (Å²) in [6, 6.07) is 18.5. The highest BCUT2D eigenvalue weighted by Crippen LogP contribution is 2.19. The van der Waals surface area contributed by atoms with E-state index < -0.39 is 0 Å². The first-order chi connectivity index (χ1) is 11.3. The van der Waals surface area contributed by atoms with Crippen LogP contribution in [0.5, 0.6) is 5.75 Å². The maximum atomic E-state index is 9.45. The molecule has 0 aliphatic carbocycles. The van der Waals surface area contributed by atoms with Crippen molar-refractivity contribution in [3.63, 3.8) is 0 Å². The summed E-state index contributed by atoms with van der Waals surface area (Å²) < 4.78 is 5.21. The molecule has 5 nitrogen and oxygen atoms in total. The van der Waals surface area contributed by atoms with Gasteiger partial charge in [-0.15, -0.1) is 0 Å². The lowest BCUT2D eigenvalue weighted by atomic mass is 10.1. The largest absolute Gasteiger partial charge is 0.497 e. The molecule has 0 aliphatic rings. The minimum absolute atomic E-state index is 0.377. The second-order valence-corrected chi connectivity index (χ2v) is 4.80. The van der Waals surface area contributed by atoms with Gasteiger partial charge in [0.2, 0.25) is 0 Å². The smallest absolute Gasteiger partial charge is 0.135 e. The zero-order valence-electron chi connectivity index (χ0n) is 12.5. The van der Waals surface area contributed by atoms with Crippen LogP contribution in [0.1, 0.15) is 11.3 Å². The molecular formula is C18H15N3O2. The van der Waals surface area contributed by atoms with Crippen molar-refractivity contribution in [3.05, 3.63) is 78.1 Å². The minimum atomic E-state index is 0.377. The van der Waals surface area contributed by atoms with Gasteiger partial charge in [-0.25, -0.2) is 4.98 Å². The van der Waals surface area contributed by atoms with Crippen molar-refractivity contribution in [2.45, 2.75) is 0 Å². The summed E-state index contributed by atoms with van der Waals surface area (Å²) in [5.74, 6) is 0.685. The van der Waals surface area contributed by atoms with Crippen molar-refractivity contribution in [1.29, 1.82) is 0 Å².